The van der Waals surface area contributed by atoms with Crippen LogP contribution in [0.4, 0.5) is 11.4 Å². The van der Waals surface area contributed by atoms with Crippen molar-refractivity contribution < 1.29 is 14.3 Å². The number of nitrogens with zero attached hydrogens (tertiary/aromatic N) is 1. The van der Waals surface area contributed by atoms with E-state index in [1.165, 1.54) is 14.0 Å². The molecule has 0 saturated heterocycles. The van der Waals surface area contributed by atoms with Gasteiger partial charge in [-0.1, -0.05) is 18.2 Å². The molecule has 7 heteroatoms. The van der Waals surface area contributed by atoms with Crippen molar-refractivity contribution in [2.75, 3.05) is 17.7 Å². The summed E-state index contributed by atoms with van der Waals surface area (Å²) in [5.74, 6) is -0.0603. The first-order chi connectivity index (χ1) is 11.6. The molecule has 0 spiro atoms. The smallest absolute Gasteiger partial charge is 0.276 e. The number of ether oxygens (including phenoxy) is 1. The first kappa shape index (κ1) is 15.5. The number of hydrogen-bond donors (Lipinski definition) is 3. The van der Waals surface area contributed by atoms with Crippen molar-refractivity contribution in [1.29, 1.82) is 0 Å². The van der Waals surface area contributed by atoms with E-state index in [0.29, 0.717) is 22.8 Å². The van der Waals surface area contributed by atoms with Crippen LogP contribution < -0.4 is 15.4 Å². The maximum atomic E-state index is 12.5. The second kappa shape index (κ2) is 6.41. The normalized spacial score (nSPS) is 10.4. The minimum atomic E-state index is -0.341. The maximum Gasteiger partial charge on any atom is 0.276 e. The Hall–Kier alpha value is -3.35. The highest BCUT2D eigenvalue weighted by Gasteiger charge is 2.15. The molecular formula is C17H16N4O3. The van der Waals surface area contributed by atoms with Gasteiger partial charge in [-0.2, -0.15) is 5.10 Å². The lowest BCUT2D eigenvalue weighted by Gasteiger charge is -2.11. The molecule has 3 N–H and O–H groups in total. The summed E-state index contributed by atoms with van der Waals surface area (Å²) in [6.45, 7) is 1.40. The molecule has 0 aliphatic rings. The average molecular weight is 324 g/mol. The zero-order valence-electron chi connectivity index (χ0n) is 13.2. The first-order valence-corrected chi connectivity index (χ1v) is 7.28. The summed E-state index contributed by atoms with van der Waals surface area (Å²) in [6.07, 6.45) is 0. The fraction of sp³-hybridized carbons (Fsp3) is 0.118. The summed E-state index contributed by atoms with van der Waals surface area (Å²) in [7, 11) is 1.51. The van der Waals surface area contributed by atoms with Crippen LogP contribution in [0.5, 0.6) is 5.75 Å². The number of anilines is 2. The number of aromatic nitrogens is 2. The SMILES string of the molecule is COc1ccc(NC(=O)c2n[nH]c3ccccc23)cc1NC(C)=O. The lowest BCUT2D eigenvalue weighted by Crippen LogP contribution is -2.13. The Morgan fingerprint density at radius 3 is 2.67 bits per heavy atom. The molecule has 1 heterocycles. The predicted octanol–water partition coefficient (Wildman–Crippen LogP) is 2.78. The molecule has 24 heavy (non-hydrogen) atoms. The van der Waals surface area contributed by atoms with Gasteiger partial charge in [0.15, 0.2) is 5.69 Å². The molecule has 3 aromatic rings. The van der Waals surface area contributed by atoms with Crippen LogP contribution in [0.3, 0.4) is 0 Å². The van der Waals surface area contributed by atoms with Crippen molar-refractivity contribution in [1.82, 2.24) is 10.2 Å². The van der Waals surface area contributed by atoms with Gasteiger partial charge in [-0.25, -0.2) is 0 Å². The number of rotatable bonds is 4. The van der Waals surface area contributed by atoms with Crippen LogP contribution in [0.25, 0.3) is 10.9 Å². The number of carbonyl (C=O) groups is 2. The number of fused-ring (bicyclic) bond motifs is 1. The number of para-hydroxylation sites is 1. The number of H-pyrrole nitrogens is 1. The van der Waals surface area contributed by atoms with Gasteiger partial charge in [-0.3, -0.25) is 14.7 Å². The van der Waals surface area contributed by atoms with E-state index in [1.54, 1.807) is 18.2 Å². The van der Waals surface area contributed by atoms with Crippen molar-refractivity contribution in [2.24, 2.45) is 0 Å². The van der Waals surface area contributed by atoms with Crippen LogP contribution in [0, 0.1) is 0 Å². The molecule has 0 fully saturated rings. The molecule has 0 saturated carbocycles. The highest BCUT2D eigenvalue weighted by Crippen LogP contribution is 2.28. The molecule has 0 bridgehead atoms. The Morgan fingerprint density at radius 1 is 1.12 bits per heavy atom. The highest BCUT2D eigenvalue weighted by molar-refractivity contribution is 6.11. The summed E-state index contributed by atoms with van der Waals surface area (Å²) in [5, 5.41) is 13.1. The molecule has 122 valence electrons. The summed E-state index contributed by atoms with van der Waals surface area (Å²) >= 11 is 0. The quantitative estimate of drug-likeness (QED) is 0.687. The first-order valence-electron chi connectivity index (χ1n) is 7.28. The third-order valence-corrected chi connectivity index (χ3v) is 3.45. The third kappa shape index (κ3) is 3.05. The Labute approximate surface area is 138 Å². The van der Waals surface area contributed by atoms with E-state index in [1.807, 2.05) is 24.3 Å². The minimum Gasteiger partial charge on any atom is -0.495 e. The van der Waals surface area contributed by atoms with E-state index in [0.717, 1.165) is 10.9 Å². The van der Waals surface area contributed by atoms with Gasteiger partial charge in [0, 0.05) is 18.0 Å². The van der Waals surface area contributed by atoms with Gasteiger partial charge in [0.2, 0.25) is 5.91 Å². The number of methoxy groups -OCH3 is 1. The molecule has 3 rings (SSSR count). The van der Waals surface area contributed by atoms with Crippen molar-refractivity contribution in [3.8, 4) is 5.75 Å². The monoisotopic (exact) mass is 324 g/mol. The van der Waals surface area contributed by atoms with Gasteiger partial charge in [0.05, 0.1) is 18.3 Å². The molecule has 0 radical (unpaired) electrons. The van der Waals surface area contributed by atoms with E-state index in [4.69, 9.17) is 4.74 Å². The van der Waals surface area contributed by atoms with E-state index >= 15 is 0 Å². The number of nitrogens with one attached hydrogen (secondary N) is 3. The van der Waals surface area contributed by atoms with E-state index in [2.05, 4.69) is 20.8 Å². The van der Waals surface area contributed by atoms with Gasteiger partial charge in [-0.15, -0.1) is 0 Å². The second-order valence-corrected chi connectivity index (χ2v) is 5.17. The molecule has 0 aliphatic carbocycles. The molecule has 2 aromatic carbocycles. The average Bonchev–Trinajstić information content (AvgIpc) is 2.98. The Bertz CT molecular complexity index is 917. The molecule has 0 aliphatic heterocycles. The van der Waals surface area contributed by atoms with Crippen molar-refractivity contribution >= 4 is 34.1 Å². The van der Waals surface area contributed by atoms with Crippen molar-refractivity contribution in [3.05, 3.63) is 48.2 Å². The number of benzene rings is 2. The topological polar surface area (TPSA) is 96.1 Å². The standard InChI is InChI=1S/C17H16N4O3/c1-10(22)18-14-9-11(7-8-15(14)24-2)19-17(23)16-12-5-3-4-6-13(12)20-21-16/h3-9H,1-2H3,(H,18,22)(H,19,23)(H,20,21). The van der Waals surface area contributed by atoms with Crippen LogP contribution in [0.15, 0.2) is 42.5 Å². The van der Waals surface area contributed by atoms with Gasteiger partial charge in [-0.05, 0) is 24.3 Å². The molecule has 2 amide bonds. The van der Waals surface area contributed by atoms with Crippen LogP contribution in [0.2, 0.25) is 0 Å². The van der Waals surface area contributed by atoms with E-state index in [9.17, 15) is 9.59 Å². The van der Waals surface area contributed by atoms with Crippen LogP contribution in [-0.2, 0) is 4.79 Å². The predicted molar refractivity (Wildman–Crippen MR) is 91.3 cm³/mol. The van der Waals surface area contributed by atoms with Crippen LogP contribution >= 0.6 is 0 Å². The van der Waals surface area contributed by atoms with Crippen LogP contribution in [-0.4, -0.2) is 29.1 Å². The molecular weight excluding hydrogens is 308 g/mol. The molecule has 0 atom stereocenters. The summed E-state index contributed by atoms with van der Waals surface area (Å²) in [5.41, 5.74) is 2.10. The molecule has 0 unspecified atom stereocenters. The van der Waals surface area contributed by atoms with E-state index < -0.39 is 0 Å². The summed E-state index contributed by atoms with van der Waals surface area (Å²) < 4.78 is 5.19. The molecule has 7 nitrogen and oxygen atoms in total. The Kier molecular flexibility index (Phi) is 4.15. The zero-order valence-corrected chi connectivity index (χ0v) is 13.2. The zero-order chi connectivity index (χ0) is 17.1. The van der Waals surface area contributed by atoms with Gasteiger partial charge >= 0.3 is 0 Å². The fourth-order valence-corrected chi connectivity index (χ4v) is 2.40. The summed E-state index contributed by atoms with van der Waals surface area (Å²) in [6, 6.07) is 12.4. The lowest BCUT2D eigenvalue weighted by molar-refractivity contribution is -0.114. The van der Waals surface area contributed by atoms with Crippen molar-refractivity contribution in [2.45, 2.75) is 6.92 Å². The van der Waals surface area contributed by atoms with Crippen molar-refractivity contribution in [3.63, 3.8) is 0 Å². The minimum absolute atomic E-state index is 0.227. The number of aromatic amines is 1. The lowest BCUT2D eigenvalue weighted by atomic mass is 10.2. The Balaban J connectivity index is 1.87. The Morgan fingerprint density at radius 2 is 1.92 bits per heavy atom. The third-order valence-electron chi connectivity index (χ3n) is 3.45. The second-order valence-electron chi connectivity index (χ2n) is 5.17. The van der Waals surface area contributed by atoms with E-state index in [-0.39, 0.29) is 11.8 Å². The van der Waals surface area contributed by atoms with Gasteiger partial charge in [0.25, 0.3) is 5.91 Å². The number of amides is 2. The number of hydrogen-bond acceptors (Lipinski definition) is 4. The van der Waals surface area contributed by atoms with Gasteiger partial charge in [0.1, 0.15) is 5.75 Å². The molecule has 1 aromatic heterocycles. The summed E-state index contributed by atoms with van der Waals surface area (Å²) in [4.78, 5) is 23.7. The maximum absolute atomic E-state index is 12.5. The number of carbonyl (C=O) groups excluding carboxylic acids is 2. The fourth-order valence-electron chi connectivity index (χ4n) is 2.40. The largest absolute Gasteiger partial charge is 0.495 e. The highest BCUT2D eigenvalue weighted by atomic mass is 16.5. The van der Waals surface area contributed by atoms with Crippen LogP contribution in [0.1, 0.15) is 17.4 Å². The van der Waals surface area contributed by atoms with Gasteiger partial charge < -0.3 is 15.4 Å².